The summed E-state index contributed by atoms with van der Waals surface area (Å²) in [6, 6.07) is 9.42. The minimum absolute atomic E-state index is 0.221. The molecule has 0 aliphatic heterocycles. The lowest BCUT2D eigenvalue weighted by Gasteiger charge is -2.13. The third kappa shape index (κ3) is 3.95. The molecule has 26 heavy (non-hydrogen) atoms. The molecule has 0 saturated heterocycles. The fraction of sp³-hybridized carbons (Fsp3) is 0.450. The molecule has 3 rings (SSSR count). The second-order valence-corrected chi connectivity index (χ2v) is 6.55. The van der Waals surface area contributed by atoms with Crippen molar-refractivity contribution in [3.63, 3.8) is 0 Å². The molecule has 0 bridgehead atoms. The molecule has 6 nitrogen and oxygen atoms in total. The van der Waals surface area contributed by atoms with Crippen molar-refractivity contribution in [1.82, 2.24) is 5.16 Å². The number of carbonyl (C=O) groups excluding carboxylic acids is 2. The largest absolute Gasteiger partial charge is 0.466 e. The van der Waals surface area contributed by atoms with E-state index in [-0.39, 0.29) is 25.0 Å². The van der Waals surface area contributed by atoms with Gasteiger partial charge in [-0.15, -0.1) is 0 Å². The number of rotatable bonds is 8. The van der Waals surface area contributed by atoms with E-state index in [2.05, 4.69) is 5.16 Å². The van der Waals surface area contributed by atoms with Crippen molar-refractivity contribution in [2.45, 2.75) is 44.9 Å². The topological polar surface area (TPSA) is 78.6 Å². The van der Waals surface area contributed by atoms with Gasteiger partial charge in [-0.1, -0.05) is 29.4 Å². The second kappa shape index (κ2) is 7.72. The average molecular weight is 357 g/mol. The zero-order valence-electron chi connectivity index (χ0n) is 15.1. The monoisotopic (exact) mass is 357 g/mol. The van der Waals surface area contributed by atoms with E-state index >= 15 is 0 Å². The van der Waals surface area contributed by atoms with Gasteiger partial charge in [-0.25, -0.2) is 0 Å². The Morgan fingerprint density at radius 3 is 2.54 bits per heavy atom. The van der Waals surface area contributed by atoms with Crippen molar-refractivity contribution in [3.8, 4) is 0 Å². The minimum atomic E-state index is -0.661. The summed E-state index contributed by atoms with van der Waals surface area (Å²) in [5.74, 6) is 0.0637. The summed E-state index contributed by atoms with van der Waals surface area (Å²) in [4.78, 5) is 24.2. The van der Waals surface area contributed by atoms with Gasteiger partial charge in [0, 0.05) is 12.5 Å². The Bertz CT molecular complexity index is 791. The maximum absolute atomic E-state index is 12.5. The molecule has 0 unspecified atom stereocenters. The Morgan fingerprint density at radius 2 is 1.92 bits per heavy atom. The zero-order chi connectivity index (χ0) is 18.6. The van der Waals surface area contributed by atoms with Crippen molar-refractivity contribution in [1.29, 1.82) is 0 Å². The molecule has 0 amide bonds. The minimum Gasteiger partial charge on any atom is -0.466 e. The number of aromatic nitrogens is 1. The highest BCUT2D eigenvalue weighted by molar-refractivity contribution is 5.85. The van der Waals surface area contributed by atoms with E-state index < -0.39 is 5.41 Å². The fourth-order valence-corrected chi connectivity index (χ4v) is 3.00. The molecule has 1 aromatic carbocycles. The van der Waals surface area contributed by atoms with Crippen LogP contribution in [-0.4, -0.2) is 30.3 Å². The van der Waals surface area contributed by atoms with Gasteiger partial charge < -0.3 is 14.0 Å². The Hall–Kier alpha value is -2.63. The lowest BCUT2D eigenvalue weighted by atomic mass is 10.0. The van der Waals surface area contributed by atoms with E-state index in [1.54, 1.807) is 13.0 Å². The van der Waals surface area contributed by atoms with Crippen LogP contribution < -0.4 is 0 Å². The number of esters is 2. The van der Waals surface area contributed by atoms with Crippen molar-refractivity contribution < 1.29 is 23.6 Å². The van der Waals surface area contributed by atoms with Crippen LogP contribution in [0, 0.1) is 6.92 Å². The Balaban J connectivity index is 1.57. The van der Waals surface area contributed by atoms with E-state index in [0.29, 0.717) is 18.8 Å². The van der Waals surface area contributed by atoms with E-state index in [1.807, 2.05) is 31.2 Å². The van der Waals surface area contributed by atoms with E-state index in [1.165, 1.54) is 0 Å². The summed E-state index contributed by atoms with van der Waals surface area (Å²) in [5, 5.41) is 3.86. The molecule has 0 atom stereocenters. The molecule has 1 aromatic heterocycles. The van der Waals surface area contributed by atoms with Crippen LogP contribution in [0.15, 0.2) is 34.9 Å². The number of hydrogen-bond acceptors (Lipinski definition) is 6. The molecule has 1 aliphatic rings. The summed E-state index contributed by atoms with van der Waals surface area (Å²) in [5.41, 5.74) is 1.97. The summed E-state index contributed by atoms with van der Waals surface area (Å²) < 4.78 is 15.8. The molecule has 1 aliphatic carbocycles. The van der Waals surface area contributed by atoms with Crippen molar-refractivity contribution >= 4 is 11.9 Å². The number of benzene rings is 1. The van der Waals surface area contributed by atoms with Gasteiger partial charge in [0.15, 0.2) is 5.76 Å². The Kier molecular flexibility index (Phi) is 5.40. The molecule has 0 radical (unpaired) electrons. The molecular weight excluding hydrogens is 334 g/mol. The number of carbonyl (C=O) groups is 2. The van der Waals surface area contributed by atoms with Gasteiger partial charge in [0.05, 0.1) is 25.3 Å². The molecule has 0 N–H and O–H groups in total. The SMILES string of the molecule is CCOC(=O)Cc1ccccc1CCOC(=O)C1(c2cc(C)no2)CC1. The van der Waals surface area contributed by atoms with Crippen molar-refractivity contribution in [2.75, 3.05) is 13.2 Å². The van der Waals surface area contributed by atoms with E-state index in [0.717, 1.165) is 29.7 Å². The van der Waals surface area contributed by atoms with Gasteiger partial charge in [-0.2, -0.15) is 0 Å². The average Bonchev–Trinajstić information content (AvgIpc) is 3.32. The highest BCUT2D eigenvalue weighted by atomic mass is 16.5. The van der Waals surface area contributed by atoms with Crippen LogP contribution in [0.2, 0.25) is 0 Å². The first-order chi connectivity index (χ1) is 12.5. The van der Waals surface area contributed by atoms with Gasteiger partial charge in [0.2, 0.25) is 0 Å². The first-order valence-electron chi connectivity index (χ1n) is 8.88. The van der Waals surface area contributed by atoms with Crippen molar-refractivity contribution in [3.05, 3.63) is 52.9 Å². The molecule has 138 valence electrons. The standard InChI is InChI=1S/C20H23NO5/c1-3-24-18(22)13-16-7-5-4-6-15(16)8-11-25-19(23)20(9-10-20)17-12-14(2)21-26-17/h4-7,12H,3,8-11,13H2,1-2H3. The van der Waals surface area contributed by atoms with Gasteiger partial charge in [-0.3, -0.25) is 9.59 Å². The summed E-state index contributed by atoms with van der Waals surface area (Å²) in [6.45, 7) is 4.23. The molecular formula is C20H23NO5. The predicted octanol–water partition coefficient (Wildman–Crippen LogP) is 2.91. The molecule has 0 spiro atoms. The van der Waals surface area contributed by atoms with Crippen LogP contribution in [0.1, 0.15) is 42.3 Å². The van der Waals surface area contributed by atoms with Gasteiger partial charge >= 0.3 is 11.9 Å². The van der Waals surface area contributed by atoms with Crippen LogP contribution in [0.25, 0.3) is 0 Å². The van der Waals surface area contributed by atoms with Crippen LogP contribution in [-0.2, 0) is 37.3 Å². The van der Waals surface area contributed by atoms with Gasteiger partial charge in [0.25, 0.3) is 0 Å². The Morgan fingerprint density at radius 1 is 1.19 bits per heavy atom. The highest BCUT2D eigenvalue weighted by Gasteiger charge is 2.56. The van der Waals surface area contributed by atoms with Crippen LogP contribution in [0.5, 0.6) is 0 Å². The predicted molar refractivity (Wildman–Crippen MR) is 93.6 cm³/mol. The summed E-state index contributed by atoms with van der Waals surface area (Å²) in [6.07, 6.45) is 2.21. The van der Waals surface area contributed by atoms with E-state index in [9.17, 15) is 9.59 Å². The number of ether oxygens (including phenoxy) is 2. The molecule has 2 aromatic rings. The molecule has 6 heteroatoms. The van der Waals surface area contributed by atoms with Gasteiger partial charge in [-0.05, 0) is 37.8 Å². The van der Waals surface area contributed by atoms with Crippen LogP contribution in [0.3, 0.4) is 0 Å². The first kappa shape index (κ1) is 18.2. The van der Waals surface area contributed by atoms with Crippen LogP contribution >= 0.6 is 0 Å². The lowest BCUT2D eigenvalue weighted by molar-refractivity contribution is -0.147. The third-order valence-corrected chi connectivity index (χ3v) is 4.60. The molecule has 1 saturated carbocycles. The lowest BCUT2D eigenvalue weighted by Crippen LogP contribution is -2.24. The number of aryl methyl sites for hydroxylation is 1. The quantitative estimate of drug-likeness (QED) is 0.676. The van der Waals surface area contributed by atoms with Gasteiger partial charge in [0.1, 0.15) is 5.41 Å². The Labute approximate surface area is 152 Å². The smallest absolute Gasteiger partial charge is 0.319 e. The van der Waals surface area contributed by atoms with Crippen LogP contribution in [0.4, 0.5) is 0 Å². The number of nitrogens with zero attached hydrogens (tertiary/aromatic N) is 1. The van der Waals surface area contributed by atoms with E-state index in [4.69, 9.17) is 14.0 Å². The zero-order valence-corrected chi connectivity index (χ0v) is 15.1. The molecule has 1 fully saturated rings. The maximum Gasteiger partial charge on any atom is 0.319 e. The highest BCUT2D eigenvalue weighted by Crippen LogP contribution is 2.49. The second-order valence-electron chi connectivity index (χ2n) is 6.55. The van der Waals surface area contributed by atoms with Crippen molar-refractivity contribution in [2.24, 2.45) is 0 Å². The number of hydrogen-bond donors (Lipinski definition) is 0. The fourth-order valence-electron chi connectivity index (χ4n) is 3.00. The summed E-state index contributed by atoms with van der Waals surface area (Å²) >= 11 is 0. The first-order valence-corrected chi connectivity index (χ1v) is 8.88. The normalized spacial score (nSPS) is 14.7. The molecule has 1 heterocycles. The summed E-state index contributed by atoms with van der Waals surface area (Å²) in [7, 11) is 0. The maximum atomic E-state index is 12.5. The third-order valence-electron chi connectivity index (χ3n) is 4.60.